The first-order valence-corrected chi connectivity index (χ1v) is 5.78. The summed E-state index contributed by atoms with van der Waals surface area (Å²) in [6.07, 6.45) is 0.282. The molecule has 90 valence electrons. The van der Waals surface area contributed by atoms with E-state index in [1.165, 1.54) is 11.0 Å². The van der Waals surface area contributed by atoms with Crippen molar-refractivity contribution in [3.05, 3.63) is 32.8 Å². The Hall–Kier alpha value is -1.47. The molecule has 1 aliphatic rings. The molecule has 1 heterocycles. The molecule has 1 saturated heterocycles. The molecule has 0 radical (unpaired) electrons. The molecular formula is C10H10BrN3O3. The monoisotopic (exact) mass is 299 g/mol. The molecule has 17 heavy (non-hydrogen) atoms. The molecule has 0 bridgehead atoms. The highest BCUT2D eigenvalue weighted by molar-refractivity contribution is 9.10. The summed E-state index contributed by atoms with van der Waals surface area (Å²) in [6.45, 7) is 0.400. The number of carbonyl (C=O) groups excluding carboxylic acids is 1. The van der Waals surface area contributed by atoms with E-state index in [9.17, 15) is 14.9 Å². The van der Waals surface area contributed by atoms with Gasteiger partial charge in [-0.25, -0.2) is 0 Å². The molecule has 1 atom stereocenters. The van der Waals surface area contributed by atoms with E-state index in [4.69, 9.17) is 5.73 Å². The molecule has 1 aliphatic heterocycles. The number of nitrogens with zero attached hydrogens (tertiary/aromatic N) is 2. The number of benzene rings is 1. The first kappa shape index (κ1) is 12.0. The van der Waals surface area contributed by atoms with Crippen molar-refractivity contribution < 1.29 is 9.72 Å². The van der Waals surface area contributed by atoms with E-state index in [0.717, 1.165) is 0 Å². The molecule has 6 nitrogen and oxygen atoms in total. The third-order valence-corrected chi connectivity index (χ3v) is 3.26. The van der Waals surface area contributed by atoms with Crippen LogP contribution in [0.3, 0.4) is 0 Å². The van der Waals surface area contributed by atoms with Crippen molar-refractivity contribution >= 4 is 33.2 Å². The van der Waals surface area contributed by atoms with Crippen LogP contribution in [0.5, 0.6) is 0 Å². The molecule has 2 rings (SSSR count). The Balaban J connectivity index is 2.37. The topological polar surface area (TPSA) is 89.5 Å². The highest BCUT2D eigenvalue weighted by Crippen LogP contribution is 2.31. The standard InChI is InChI=1S/C10H10BrN3O3/c11-8-2-1-7(4-9(8)14(16)17)13-5-6(12)3-10(13)15/h1-2,4,6H,3,5,12H2. The average Bonchev–Trinajstić information content (AvgIpc) is 2.58. The van der Waals surface area contributed by atoms with E-state index < -0.39 is 4.92 Å². The van der Waals surface area contributed by atoms with Gasteiger partial charge in [-0.1, -0.05) is 0 Å². The largest absolute Gasteiger partial charge is 0.326 e. The Bertz CT molecular complexity index is 492. The molecule has 1 aromatic carbocycles. The second-order valence-electron chi connectivity index (χ2n) is 3.86. The predicted molar refractivity (Wildman–Crippen MR) is 65.7 cm³/mol. The lowest BCUT2D eigenvalue weighted by Crippen LogP contribution is -2.27. The summed E-state index contributed by atoms with van der Waals surface area (Å²) < 4.78 is 0.391. The van der Waals surface area contributed by atoms with Gasteiger partial charge in [-0.05, 0) is 28.1 Å². The van der Waals surface area contributed by atoms with Gasteiger partial charge in [0.2, 0.25) is 5.91 Å². The van der Waals surface area contributed by atoms with E-state index in [1.54, 1.807) is 12.1 Å². The number of hydrogen-bond acceptors (Lipinski definition) is 4. The molecule has 7 heteroatoms. The van der Waals surface area contributed by atoms with Gasteiger partial charge in [-0.3, -0.25) is 14.9 Å². The van der Waals surface area contributed by atoms with Gasteiger partial charge in [0.25, 0.3) is 5.69 Å². The minimum absolute atomic E-state index is 0.0595. The minimum atomic E-state index is -0.492. The van der Waals surface area contributed by atoms with Crippen molar-refractivity contribution in [2.45, 2.75) is 12.5 Å². The average molecular weight is 300 g/mol. The van der Waals surface area contributed by atoms with E-state index >= 15 is 0 Å². The molecule has 1 amide bonds. The molecule has 2 N–H and O–H groups in total. The van der Waals surface area contributed by atoms with Gasteiger partial charge in [-0.15, -0.1) is 0 Å². The predicted octanol–water partition coefficient (Wildman–Crippen LogP) is 1.42. The van der Waals surface area contributed by atoms with Crippen molar-refractivity contribution in [1.82, 2.24) is 0 Å². The highest BCUT2D eigenvalue weighted by Gasteiger charge is 2.29. The highest BCUT2D eigenvalue weighted by atomic mass is 79.9. The number of carbonyl (C=O) groups is 1. The van der Waals surface area contributed by atoms with Crippen LogP contribution in [0.15, 0.2) is 22.7 Å². The van der Waals surface area contributed by atoms with Crippen LogP contribution in [0.25, 0.3) is 0 Å². The SMILES string of the molecule is NC1CC(=O)N(c2ccc(Br)c([N+](=O)[O-])c2)C1. The van der Waals surface area contributed by atoms with E-state index in [-0.39, 0.29) is 24.1 Å². The Morgan fingerprint density at radius 1 is 1.53 bits per heavy atom. The van der Waals surface area contributed by atoms with Crippen LogP contribution < -0.4 is 10.6 Å². The number of amides is 1. The van der Waals surface area contributed by atoms with E-state index in [2.05, 4.69) is 15.9 Å². The van der Waals surface area contributed by atoms with Crippen molar-refractivity contribution in [2.24, 2.45) is 5.73 Å². The fourth-order valence-corrected chi connectivity index (χ4v) is 2.19. The summed E-state index contributed by atoms with van der Waals surface area (Å²) in [7, 11) is 0. The van der Waals surface area contributed by atoms with Crippen LogP contribution in [0.1, 0.15) is 6.42 Å². The van der Waals surface area contributed by atoms with Gasteiger partial charge in [-0.2, -0.15) is 0 Å². The summed E-state index contributed by atoms with van der Waals surface area (Å²) in [5, 5.41) is 10.8. The molecular weight excluding hydrogens is 290 g/mol. The van der Waals surface area contributed by atoms with Gasteiger partial charge in [0.15, 0.2) is 0 Å². The zero-order valence-electron chi connectivity index (χ0n) is 8.80. The Morgan fingerprint density at radius 2 is 2.24 bits per heavy atom. The van der Waals surface area contributed by atoms with E-state index in [1.807, 2.05) is 0 Å². The summed E-state index contributed by atoms with van der Waals surface area (Å²) in [4.78, 5) is 23.4. The number of nitro groups is 1. The van der Waals surface area contributed by atoms with Crippen LogP contribution in [-0.2, 0) is 4.79 Å². The van der Waals surface area contributed by atoms with E-state index in [0.29, 0.717) is 16.7 Å². The molecule has 0 aromatic heterocycles. The summed E-state index contributed by atoms with van der Waals surface area (Å²) in [6, 6.07) is 4.39. The van der Waals surface area contributed by atoms with Gasteiger partial charge >= 0.3 is 0 Å². The number of hydrogen-bond donors (Lipinski definition) is 1. The molecule has 1 fully saturated rings. The Kier molecular flexibility index (Phi) is 3.12. The van der Waals surface area contributed by atoms with Gasteiger partial charge in [0.1, 0.15) is 0 Å². The lowest BCUT2D eigenvalue weighted by molar-refractivity contribution is -0.385. The van der Waals surface area contributed by atoms with Crippen molar-refractivity contribution in [1.29, 1.82) is 0 Å². The Labute approximate surface area is 106 Å². The van der Waals surface area contributed by atoms with Crippen molar-refractivity contribution in [2.75, 3.05) is 11.4 Å². The van der Waals surface area contributed by atoms with Crippen LogP contribution in [0, 0.1) is 10.1 Å². The summed E-state index contributed by atoms with van der Waals surface area (Å²) >= 11 is 3.10. The lowest BCUT2D eigenvalue weighted by Gasteiger charge is -2.15. The van der Waals surface area contributed by atoms with Crippen molar-refractivity contribution in [3.63, 3.8) is 0 Å². The minimum Gasteiger partial charge on any atom is -0.326 e. The van der Waals surface area contributed by atoms with Gasteiger partial charge in [0.05, 0.1) is 15.1 Å². The summed E-state index contributed by atoms with van der Waals surface area (Å²) in [5.74, 6) is -0.103. The molecule has 0 spiro atoms. The number of rotatable bonds is 2. The first-order chi connectivity index (χ1) is 7.99. The molecule has 0 aliphatic carbocycles. The quantitative estimate of drug-likeness (QED) is 0.660. The Morgan fingerprint density at radius 3 is 2.76 bits per heavy atom. The molecule has 1 aromatic rings. The third kappa shape index (κ3) is 2.29. The first-order valence-electron chi connectivity index (χ1n) is 4.99. The zero-order valence-corrected chi connectivity index (χ0v) is 10.4. The van der Waals surface area contributed by atoms with Gasteiger partial charge < -0.3 is 10.6 Å². The van der Waals surface area contributed by atoms with Crippen LogP contribution in [0.2, 0.25) is 0 Å². The lowest BCUT2D eigenvalue weighted by atomic mass is 10.2. The molecule has 0 saturated carbocycles. The maximum absolute atomic E-state index is 11.6. The zero-order chi connectivity index (χ0) is 12.6. The fraction of sp³-hybridized carbons (Fsp3) is 0.300. The fourth-order valence-electron chi connectivity index (χ4n) is 1.79. The smallest absolute Gasteiger partial charge is 0.285 e. The van der Waals surface area contributed by atoms with Crippen molar-refractivity contribution in [3.8, 4) is 0 Å². The number of halogens is 1. The number of nitrogens with two attached hydrogens (primary N) is 1. The second kappa shape index (κ2) is 4.42. The second-order valence-corrected chi connectivity index (χ2v) is 4.72. The van der Waals surface area contributed by atoms with Crippen LogP contribution in [0.4, 0.5) is 11.4 Å². The maximum Gasteiger partial charge on any atom is 0.285 e. The molecule has 1 unspecified atom stereocenters. The van der Waals surface area contributed by atoms with Gasteiger partial charge in [0, 0.05) is 25.1 Å². The van der Waals surface area contributed by atoms with Crippen LogP contribution in [-0.4, -0.2) is 23.4 Å². The maximum atomic E-state index is 11.6. The van der Waals surface area contributed by atoms with Crippen LogP contribution >= 0.6 is 15.9 Å². The summed E-state index contributed by atoms with van der Waals surface area (Å²) in [5.41, 5.74) is 6.13. The normalized spacial score (nSPS) is 19.8. The number of anilines is 1. The third-order valence-electron chi connectivity index (χ3n) is 2.59. The number of nitro benzene ring substituents is 1.